The van der Waals surface area contributed by atoms with E-state index in [1.54, 1.807) is 0 Å². The first-order valence-electron chi connectivity index (χ1n) is 7.27. The van der Waals surface area contributed by atoms with Crippen LogP contribution in [0, 0.1) is 5.92 Å². The van der Waals surface area contributed by atoms with E-state index in [4.69, 9.17) is 9.47 Å². The zero-order valence-electron chi connectivity index (χ0n) is 11.9. The topological polar surface area (TPSA) is 33.7 Å². The van der Waals surface area contributed by atoms with E-state index in [2.05, 4.69) is 22.3 Å². The number of fused-ring (bicyclic) bond motifs is 1. The van der Waals surface area contributed by atoms with Crippen LogP contribution < -0.4 is 14.8 Å². The predicted octanol–water partition coefficient (Wildman–Crippen LogP) is 2.62. The van der Waals surface area contributed by atoms with E-state index in [1.807, 2.05) is 6.07 Å². The Balaban J connectivity index is 0.000000807. The van der Waals surface area contributed by atoms with Gasteiger partial charge in [-0.3, -0.25) is 4.90 Å². The molecule has 2 heterocycles. The molecule has 3 aliphatic rings. The van der Waals surface area contributed by atoms with E-state index in [-0.39, 0.29) is 24.8 Å². The molecule has 1 aromatic carbocycles. The first-order chi connectivity index (χ1) is 9.43. The largest absolute Gasteiger partial charge is 0.454 e. The molecule has 1 N–H and O–H groups in total. The van der Waals surface area contributed by atoms with E-state index in [0.717, 1.165) is 43.6 Å². The number of nitrogens with zero attached hydrogens (tertiary/aromatic N) is 1. The number of nitrogens with one attached hydrogen (secondary N) is 1. The van der Waals surface area contributed by atoms with E-state index < -0.39 is 0 Å². The van der Waals surface area contributed by atoms with Crippen molar-refractivity contribution in [2.75, 3.05) is 33.0 Å². The van der Waals surface area contributed by atoms with Crippen LogP contribution in [0.1, 0.15) is 24.4 Å². The van der Waals surface area contributed by atoms with Gasteiger partial charge in [-0.25, -0.2) is 0 Å². The molecule has 4 nitrogen and oxygen atoms in total. The summed E-state index contributed by atoms with van der Waals surface area (Å²) in [5.74, 6) is 2.70. The molecule has 6 heteroatoms. The van der Waals surface area contributed by atoms with Gasteiger partial charge in [0.15, 0.2) is 11.5 Å². The van der Waals surface area contributed by atoms with Crippen molar-refractivity contribution >= 4 is 24.8 Å². The second kappa shape index (κ2) is 7.05. The van der Waals surface area contributed by atoms with Gasteiger partial charge in [0.1, 0.15) is 0 Å². The Morgan fingerprint density at radius 1 is 1.10 bits per heavy atom. The quantitative estimate of drug-likeness (QED) is 0.922. The van der Waals surface area contributed by atoms with E-state index >= 15 is 0 Å². The van der Waals surface area contributed by atoms with Gasteiger partial charge < -0.3 is 14.8 Å². The molecule has 0 bridgehead atoms. The number of ether oxygens (including phenoxy) is 2. The fourth-order valence-corrected chi connectivity index (χ4v) is 3.31. The number of para-hydroxylation sites is 1. The van der Waals surface area contributed by atoms with Gasteiger partial charge in [0.25, 0.3) is 0 Å². The molecule has 1 aromatic rings. The molecule has 1 saturated carbocycles. The van der Waals surface area contributed by atoms with Crippen molar-refractivity contribution in [1.29, 1.82) is 0 Å². The Morgan fingerprint density at radius 3 is 2.57 bits per heavy atom. The summed E-state index contributed by atoms with van der Waals surface area (Å²) in [6, 6.07) is 6.84. The van der Waals surface area contributed by atoms with Gasteiger partial charge in [-0.1, -0.05) is 12.1 Å². The van der Waals surface area contributed by atoms with E-state index in [1.165, 1.54) is 18.4 Å². The van der Waals surface area contributed by atoms with Gasteiger partial charge in [0.05, 0.1) is 0 Å². The van der Waals surface area contributed by atoms with Crippen molar-refractivity contribution in [3.8, 4) is 11.5 Å². The standard InChI is InChI=1S/C15H20N2O2.2ClH/c1-2-12(15-13(3-1)18-10-19-15)14(11-4-5-11)17-8-6-16-7-9-17;;/h1-3,11,14,16H,4-10H2;2*1H/t14-;;/m1../s1. The minimum absolute atomic E-state index is 0. The van der Waals surface area contributed by atoms with Crippen molar-refractivity contribution in [2.45, 2.75) is 18.9 Å². The number of halogens is 2. The van der Waals surface area contributed by atoms with Crippen molar-refractivity contribution in [3.63, 3.8) is 0 Å². The fraction of sp³-hybridized carbons (Fsp3) is 0.600. The third-order valence-electron chi connectivity index (χ3n) is 4.36. The van der Waals surface area contributed by atoms with E-state index in [0.29, 0.717) is 12.8 Å². The lowest BCUT2D eigenvalue weighted by Gasteiger charge is -2.35. The van der Waals surface area contributed by atoms with Crippen LogP contribution in [0.3, 0.4) is 0 Å². The maximum absolute atomic E-state index is 5.71. The number of rotatable bonds is 3. The lowest BCUT2D eigenvalue weighted by Crippen LogP contribution is -2.45. The van der Waals surface area contributed by atoms with Gasteiger partial charge in [0.2, 0.25) is 6.79 Å². The third-order valence-corrected chi connectivity index (χ3v) is 4.36. The molecule has 0 amide bonds. The molecule has 1 aliphatic carbocycles. The molecule has 0 radical (unpaired) electrons. The highest BCUT2D eigenvalue weighted by Gasteiger charge is 2.39. The maximum Gasteiger partial charge on any atom is 0.231 e. The lowest BCUT2D eigenvalue weighted by molar-refractivity contribution is 0.147. The summed E-state index contributed by atoms with van der Waals surface area (Å²) in [6.07, 6.45) is 2.69. The number of piperazine rings is 1. The van der Waals surface area contributed by atoms with Crippen molar-refractivity contribution < 1.29 is 9.47 Å². The van der Waals surface area contributed by atoms with Gasteiger partial charge in [-0.05, 0) is 24.8 Å². The summed E-state index contributed by atoms with van der Waals surface area (Å²) < 4.78 is 11.2. The Labute approximate surface area is 138 Å². The SMILES string of the molecule is Cl.Cl.c1cc2c(c([C@@H](C3CC3)N3CCNCC3)c1)OCO2. The highest BCUT2D eigenvalue weighted by atomic mass is 35.5. The Morgan fingerprint density at radius 2 is 1.86 bits per heavy atom. The molecule has 2 aliphatic heterocycles. The van der Waals surface area contributed by atoms with Crippen LogP contribution >= 0.6 is 24.8 Å². The normalized spacial score (nSPS) is 22.1. The summed E-state index contributed by atoms with van der Waals surface area (Å²) in [7, 11) is 0. The van der Waals surface area contributed by atoms with Gasteiger partial charge in [-0.15, -0.1) is 24.8 Å². The van der Waals surface area contributed by atoms with Crippen LogP contribution in [-0.2, 0) is 0 Å². The molecule has 21 heavy (non-hydrogen) atoms. The molecule has 0 unspecified atom stereocenters. The van der Waals surface area contributed by atoms with Gasteiger partial charge in [0, 0.05) is 37.8 Å². The minimum Gasteiger partial charge on any atom is -0.454 e. The number of hydrogen-bond acceptors (Lipinski definition) is 4. The summed E-state index contributed by atoms with van der Waals surface area (Å²) in [5.41, 5.74) is 1.33. The van der Waals surface area contributed by atoms with Gasteiger partial charge in [-0.2, -0.15) is 0 Å². The fourth-order valence-electron chi connectivity index (χ4n) is 3.31. The average molecular weight is 333 g/mol. The average Bonchev–Trinajstić information content (AvgIpc) is 3.17. The summed E-state index contributed by atoms with van der Waals surface area (Å²) >= 11 is 0. The molecule has 2 fully saturated rings. The molecule has 1 saturated heterocycles. The molecule has 118 valence electrons. The van der Waals surface area contributed by atoms with Crippen LogP contribution in [0.4, 0.5) is 0 Å². The zero-order valence-corrected chi connectivity index (χ0v) is 13.5. The lowest BCUT2D eigenvalue weighted by atomic mass is 9.98. The Bertz CT molecular complexity index is 477. The molecule has 4 rings (SSSR count). The molecule has 1 atom stereocenters. The van der Waals surface area contributed by atoms with Crippen LogP contribution in [-0.4, -0.2) is 37.9 Å². The first kappa shape index (κ1) is 16.7. The van der Waals surface area contributed by atoms with Crippen LogP contribution in [0.15, 0.2) is 18.2 Å². The number of benzene rings is 1. The summed E-state index contributed by atoms with van der Waals surface area (Å²) in [4.78, 5) is 2.62. The van der Waals surface area contributed by atoms with Crippen LogP contribution in [0.25, 0.3) is 0 Å². The molecule has 0 aromatic heterocycles. The molecule has 0 spiro atoms. The summed E-state index contributed by atoms with van der Waals surface area (Å²) in [6.45, 7) is 4.81. The van der Waals surface area contributed by atoms with Crippen LogP contribution in [0.5, 0.6) is 11.5 Å². The predicted molar refractivity (Wildman–Crippen MR) is 87.0 cm³/mol. The van der Waals surface area contributed by atoms with Crippen molar-refractivity contribution in [3.05, 3.63) is 23.8 Å². The Kier molecular flexibility index (Phi) is 5.60. The first-order valence-corrected chi connectivity index (χ1v) is 7.27. The highest BCUT2D eigenvalue weighted by Crippen LogP contribution is 2.49. The molecular formula is C15H22Cl2N2O2. The Hall–Kier alpha value is -0.680. The molecular weight excluding hydrogens is 311 g/mol. The highest BCUT2D eigenvalue weighted by molar-refractivity contribution is 5.85. The van der Waals surface area contributed by atoms with Gasteiger partial charge >= 0.3 is 0 Å². The number of hydrogen-bond donors (Lipinski definition) is 1. The minimum atomic E-state index is 0. The second-order valence-electron chi connectivity index (χ2n) is 5.65. The van der Waals surface area contributed by atoms with Crippen molar-refractivity contribution in [1.82, 2.24) is 10.2 Å². The van der Waals surface area contributed by atoms with Crippen molar-refractivity contribution in [2.24, 2.45) is 5.92 Å². The van der Waals surface area contributed by atoms with E-state index in [9.17, 15) is 0 Å². The third kappa shape index (κ3) is 3.24. The maximum atomic E-state index is 5.71. The monoisotopic (exact) mass is 332 g/mol. The smallest absolute Gasteiger partial charge is 0.231 e. The zero-order chi connectivity index (χ0) is 12.7. The van der Waals surface area contributed by atoms with Crippen LogP contribution in [0.2, 0.25) is 0 Å². The summed E-state index contributed by atoms with van der Waals surface area (Å²) in [5, 5.41) is 3.44. The second-order valence-corrected chi connectivity index (χ2v) is 5.65.